The second kappa shape index (κ2) is 6.53. The van der Waals surface area contributed by atoms with Crippen molar-refractivity contribution in [1.29, 1.82) is 0 Å². The Bertz CT molecular complexity index is 817. The topological polar surface area (TPSA) is 72.7 Å². The molecule has 1 N–H and O–H groups in total. The third kappa shape index (κ3) is 3.89. The van der Waals surface area contributed by atoms with Crippen LogP contribution in [0.1, 0.15) is 0 Å². The molecule has 0 radical (unpaired) electrons. The molecule has 0 aliphatic heterocycles. The minimum absolute atomic E-state index is 0.0865. The Labute approximate surface area is 135 Å². The summed E-state index contributed by atoms with van der Waals surface area (Å²) in [6, 6.07) is 12.5. The van der Waals surface area contributed by atoms with E-state index in [0.29, 0.717) is 22.1 Å². The Hall–Kier alpha value is -2.80. The van der Waals surface area contributed by atoms with E-state index in [1.54, 1.807) is 36.4 Å². The first-order chi connectivity index (χ1) is 11.1. The van der Waals surface area contributed by atoms with Crippen molar-refractivity contribution >= 4 is 23.2 Å². The van der Waals surface area contributed by atoms with Crippen LogP contribution in [0.2, 0.25) is 5.02 Å². The summed E-state index contributed by atoms with van der Waals surface area (Å²) in [6.07, 6.45) is 0. The fourth-order valence-corrected chi connectivity index (χ4v) is 2.01. The van der Waals surface area contributed by atoms with Crippen LogP contribution in [0.15, 0.2) is 48.5 Å². The van der Waals surface area contributed by atoms with Crippen LogP contribution in [0.25, 0.3) is 11.4 Å². The van der Waals surface area contributed by atoms with Crippen LogP contribution in [0.3, 0.4) is 0 Å². The van der Waals surface area contributed by atoms with Crippen molar-refractivity contribution in [3.8, 4) is 11.4 Å². The Morgan fingerprint density at radius 1 is 1.13 bits per heavy atom. The molecule has 0 aliphatic rings. The van der Waals surface area contributed by atoms with Crippen LogP contribution in [-0.4, -0.2) is 26.1 Å². The lowest BCUT2D eigenvalue weighted by Gasteiger charge is -2.04. The second-order valence-electron chi connectivity index (χ2n) is 4.71. The Morgan fingerprint density at radius 3 is 2.52 bits per heavy atom. The lowest BCUT2D eigenvalue weighted by Crippen LogP contribution is -2.20. The summed E-state index contributed by atoms with van der Waals surface area (Å²) in [6.45, 7) is -0.0865. The molecule has 23 heavy (non-hydrogen) atoms. The molecule has 3 rings (SSSR count). The minimum atomic E-state index is -0.344. The summed E-state index contributed by atoms with van der Waals surface area (Å²) in [4.78, 5) is 13.1. The van der Waals surface area contributed by atoms with Gasteiger partial charge in [0.25, 0.3) is 0 Å². The maximum absolute atomic E-state index is 12.9. The zero-order chi connectivity index (χ0) is 16.2. The molecule has 2 aromatic carbocycles. The molecular formula is C15H11ClFN5O. The third-order valence-corrected chi connectivity index (χ3v) is 3.22. The molecule has 1 aromatic heterocycles. The molecule has 0 fully saturated rings. The predicted molar refractivity (Wildman–Crippen MR) is 83.3 cm³/mol. The fourth-order valence-electron chi connectivity index (χ4n) is 1.89. The molecule has 0 spiro atoms. The van der Waals surface area contributed by atoms with Gasteiger partial charge >= 0.3 is 0 Å². The summed E-state index contributed by atoms with van der Waals surface area (Å²) in [7, 11) is 0. The van der Waals surface area contributed by atoms with Crippen molar-refractivity contribution in [2.45, 2.75) is 6.54 Å². The molecule has 1 amide bonds. The number of benzene rings is 2. The van der Waals surface area contributed by atoms with Crippen LogP contribution in [0, 0.1) is 5.82 Å². The highest BCUT2D eigenvalue weighted by Gasteiger charge is 2.09. The van der Waals surface area contributed by atoms with Gasteiger partial charge in [0.05, 0.1) is 0 Å². The van der Waals surface area contributed by atoms with E-state index >= 15 is 0 Å². The highest BCUT2D eigenvalue weighted by molar-refractivity contribution is 6.30. The van der Waals surface area contributed by atoms with Crippen molar-refractivity contribution in [3.63, 3.8) is 0 Å². The van der Waals surface area contributed by atoms with Gasteiger partial charge in [-0.1, -0.05) is 11.6 Å². The smallest absolute Gasteiger partial charge is 0.248 e. The number of hydrogen-bond donors (Lipinski definition) is 1. The monoisotopic (exact) mass is 331 g/mol. The van der Waals surface area contributed by atoms with Crippen molar-refractivity contribution < 1.29 is 9.18 Å². The number of rotatable bonds is 4. The molecular weight excluding hydrogens is 321 g/mol. The molecule has 8 heteroatoms. The van der Waals surface area contributed by atoms with E-state index in [1.165, 1.54) is 16.9 Å². The van der Waals surface area contributed by atoms with Gasteiger partial charge in [-0.3, -0.25) is 4.79 Å². The first-order valence-corrected chi connectivity index (χ1v) is 7.07. The second-order valence-corrected chi connectivity index (χ2v) is 5.14. The summed E-state index contributed by atoms with van der Waals surface area (Å²) in [5, 5.41) is 15.0. The Morgan fingerprint density at radius 2 is 1.83 bits per heavy atom. The van der Waals surface area contributed by atoms with Crippen LogP contribution in [0.4, 0.5) is 10.1 Å². The summed E-state index contributed by atoms with van der Waals surface area (Å²) in [5.74, 6) is -0.317. The SMILES string of the molecule is O=C(Cn1nnc(-c2ccc(F)cc2)n1)Nc1ccc(Cl)cc1. The number of halogens is 2. The van der Waals surface area contributed by atoms with E-state index in [0.717, 1.165) is 0 Å². The number of anilines is 1. The number of hydrogen-bond acceptors (Lipinski definition) is 4. The van der Waals surface area contributed by atoms with Gasteiger partial charge in [0.2, 0.25) is 11.7 Å². The number of carbonyl (C=O) groups excluding carboxylic acids is 1. The van der Waals surface area contributed by atoms with Gasteiger partial charge in [-0.05, 0) is 53.7 Å². The standard InChI is InChI=1S/C15H11ClFN5O/c16-11-3-7-13(8-4-11)18-14(23)9-22-20-15(19-21-22)10-1-5-12(17)6-2-10/h1-8H,9H2,(H,18,23). The van der Waals surface area contributed by atoms with Crippen LogP contribution < -0.4 is 5.32 Å². The first-order valence-electron chi connectivity index (χ1n) is 6.69. The maximum Gasteiger partial charge on any atom is 0.248 e. The van der Waals surface area contributed by atoms with Gasteiger partial charge < -0.3 is 5.32 Å². The van der Waals surface area contributed by atoms with E-state index in [9.17, 15) is 9.18 Å². The lowest BCUT2D eigenvalue weighted by molar-refractivity contribution is -0.117. The molecule has 0 bridgehead atoms. The van der Waals surface area contributed by atoms with Gasteiger partial charge in [0.15, 0.2) is 0 Å². The van der Waals surface area contributed by atoms with E-state index in [4.69, 9.17) is 11.6 Å². The number of aromatic nitrogens is 4. The maximum atomic E-state index is 12.9. The molecule has 3 aromatic rings. The van der Waals surface area contributed by atoms with Crippen LogP contribution >= 0.6 is 11.6 Å². The van der Waals surface area contributed by atoms with Gasteiger partial charge in [0.1, 0.15) is 12.4 Å². The summed E-state index contributed by atoms with van der Waals surface area (Å²) in [5.41, 5.74) is 1.24. The van der Waals surface area contributed by atoms with E-state index < -0.39 is 0 Å². The quantitative estimate of drug-likeness (QED) is 0.798. The minimum Gasteiger partial charge on any atom is -0.324 e. The van der Waals surface area contributed by atoms with Gasteiger partial charge in [0, 0.05) is 16.3 Å². The predicted octanol–water partition coefficient (Wildman–Crippen LogP) is 2.77. The Balaban J connectivity index is 1.65. The number of carbonyl (C=O) groups is 1. The van der Waals surface area contributed by atoms with Crippen molar-refractivity contribution in [3.05, 3.63) is 59.4 Å². The highest BCUT2D eigenvalue weighted by atomic mass is 35.5. The molecule has 0 unspecified atom stereocenters. The van der Waals surface area contributed by atoms with Crippen molar-refractivity contribution in [1.82, 2.24) is 20.2 Å². The molecule has 116 valence electrons. The highest BCUT2D eigenvalue weighted by Crippen LogP contribution is 2.14. The molecule has 0 saturated heterocycles. The average molecular weight is 332 g/mol. The first kappa shape index (κ1) is 15.1. The van der Waals surface area contributed by atoms with Crippen molar-refractivity contribution in [2.75, 3.05) is 5.32 Å². The van der Waals surface area contributed by atoms with Gasteiger partial charge in [-0.2, -0.15) is 4.80 Å². The van der Waals surface area contributed by atoms with Crippen molar-refractivity contribution in [2.24, 2.45) is 0 Å². The van der Waals surface area contributed by atoms with E-state index in [-0.39, 0.29) is 18.3 Å². The summed E-state index contributed by atoms with van der Waals surface area (Å²) < 4.78 is 12.9. The van der Waals surface area contributed by atoms with Gasteiger partial charge in [-0.25, -0.2) is 4.39 Å². The number of nitrogens with one attached hydrogen (secondary N) is 1. The number of nitrogens with zero attached hydrogens (tertiary/aromatic N) is 4. The fraction of sp³-hybridized carbons (Fsp3) is 0.0667. The molecule has 0 saturated carbocycles. The Kier molecular flexibility index (Phi) is 4.29. The molecule has 6 nitrogen and oxygen atoms in total. The van der Waals surface area contributed by atoms with Crippen LogP contribution in [0.5, 0.6) is 0 Å². The summed E-state index contributed by atoms with van der Waals surface area (Å²) >= 11 is 5.78. The molecule has 1 heterocycles. The number of tetrazole rings is 1. The largest absolute Gasteiger partial charge is 0.324 e. The number of amides is 1. The third-order valence-electron chi connectivity index (χ3n) is 2.97. The lowest BCUT2D eigenvalue weighted by atomic mass is 10.2. The molecule has 0 atom stereocenters. The normalized spacial score (nSPS) is 10.5. The zero-order valence-corrected chi connectivity index (χ0v) is 12.5. The van der Waals surface area contributed by atoms with E-state index in [1.807, 2.05) is 0 Å². The zero-order valence-electron chi connectivity index (χ0n) is 11.8. The van der Waals surface area contributed by atoms with Crippen LogP contribution in [-0.2, 0) is 11.3 Å². The average Bonchev–Trinajstić information content (AvgIpc) is 2.98. The molecule has 0 aliphatic carbocycles. The van der Waals surface area contributed by atoms with E-state index in [2.05, 4.69) is 20.7 Å². The van der Waals surface area contributed by atoms with Gasteiger partial charge in [-0.15, -0.1) is 10.2 Å².